The molecule has 0 radical (unpaired) electrons. The van der Waals surface area contributed by atoms with Crippen molar-refractivity contribution in [1.82, 2.24) is 0 Å². The predicted molar refractivity (Wildman–Crippen MR) is 196 cm³/mol. The second kappa shape index (κ2) is 35.7. The molecule has 0 rings (SSSR count). The maximum atomic E-state index is 12.6. The van der Waals surface area contributed by atoms with Crippen LogP contribution in [0.15, 0.2) is 0 Å². The minimum absolute atomic E-state index is 0.0658. The van der Waals surface area contributed by atoms with Gasteiger partial charge in [0.1, 0.15) is 13.2 Å². The molecular formula is C41H78O6. The Kier molecular flexibility index (Phi) is 34.5. The molecule has 47 heavy (non-hydrogen) atoms. The summed E-state index contributed by atoms with van der Waals surface area (Å²) < 4.78 is 16.5. The number of rotatable bonds is 36. The van der Waals surface area contributed by atoms with E-state index in [1.807, 2.05) is 0 Å². The van der Waals surface area contributed by atoms with E-state index in [1.54, 1.807) is 0 Å². The summed E-state index contributed by atoms with van der Waals surface area (Å²) >= 11 is 0. The zero-order chi connectivity index (χ0) is 34.6. The molecule has 0 heterocycles. The van der Waals surface area contributed by atoms with Crippen molar-refractivity contribution in [2.24, 2.45) is 5.92 Å². The molecule has 6 heteroatoms. The molecule has 0 spiro atoms. The molecule has 1 unspecified atom stereocenters. The molecule has 278 valence electrons. The highest BCUT2D eigenvalue weighted by Crippen LogP contribution is 2.16. The molecule has 0 saturated heterocycles. The lowest BCUT2D eigenvalue weighted by Gasteiger charge is -2.18. The first-order valence-electron chi connectivity index (χ1n) is 20.4. The Labute approximate surface area is 291 Å². The highest BCUT2D eigenvalue weighted by atomic mass is 16.6. The fourth-order valence-electron chi connectivity index (χ4n) is 5.89. The number of carbonyl (C=O) groups is 3. The Hall–Kier alpha value is -1.59. The minimum atomic E-state index is -0.757. The van der Waals surface area contributed by atoms with E-state index in [9.17, 15) is 14.4 Å². The van der Waals surface area contributed by atoms with Gasteiger partial charge in [0.15, 0.2) is 6.10 Å². The van der Waals surface area contributed by atoms with E-state index in [-0.39, 0.29) is 31.1 Å². The maximum Gasteiger partial charge on any atom is 0.306 e. The van der Waals surface area contributed by atoms with Gasteiger partial charge >= 0.3 is 17.9 Å². The smallest absolute Gasteiger partial charge is 0.306 e. The van der Waals surface area contributed by atoms with Gasteiger partial charge in [-0.1, -0.05) is 182 Å². The highest BCUT2D eigenvalue weighted by molar-refractivity contribution is 5.71. The molecule has 6 nitrogen and oxygen atoms in total. The van der Waals surface area contributed by atoms with Crippen molar-refractivity contribution < 1.29 is 28.6 Å². The van der Waals surface area contributed by atoms with Gasteiger partial charge in [-0.05, 0) is 25.2 Å². The van der Waals surface area contributed by atoms with Crippen molar-refractivity contribution in [3.63, 3.8) is 0 Å². The van der Waals surface area contributed by atoms with Gasteiger partial charge in [0.2, 0.25) is 0 Å². The van der Waals surface area contributed by atoms with Gasteiger partial charge in [-0.3, -0.25) is 14.4 Å². The lowest BCUT2D eigenvalue weighted by molar-refractivity contribution is -0.167. The van der Waals surface area contributed by atoms with Crippen molar-refractivity contribution in [3.05, 3.63) is 0 Å². The molecule has 0 aliphatic carbocycles. The number of hydrogen-bond acceptors (Lipinski definition) is 6. The summed E-state index contributed by atoms with van der Waals surface area (Å²) in [6, 6.07) is 0. The van der Waals surface area contributed by atoms with Crippen LogP contribution in [-0.2, 0) is 28.6 Å². The molecule has 0 aliphatic rings. The normalized spacial score (nSPS) is 12.5. The average molecular weight is 667 g/mol. The molecule has 0 aliphatic heterocycles. The number of esters is 3. The van der Waals surface area contributed by atoms with Crippen LogP contribution in [0.1, 0.15) is 220 Å². The Bertz CT molecular complexity index is 708. The van der Waals surface area contributed by atoms with Crippen LogP contribution in [0.2, 0.25) is 0 Å². The summed E-state index contributed by atoms with van der Waals surface area (Å²) in [4.78, 5) is 37.3. The van der Waals surface area contributed by atoms with E-state index >= 15 is 0 Å². The molecule has 0 saturated carbocycles. The van der Waals surface area contributed by atoms with Crippen LogP contribution in [-0.4, -0.2) is 37.2 Å². The van der Waals surface area contributed by atoms with Gasteiger partial charge in [0.25, 0.3) is 0 Å². The van der Waals surface area contributed by atoms with Gasteiger partial charge in [-0.15, -0.1) is 0 Å². The fraction of sp³-hybridized carbons (Fsp3) is 0.927. The van der Waals surface area contributed by atoms with Crippen LogP contribution in [0, 0.1) is 5.92 Å². The molecule has 0 aromatic heterocycles. The van der Waals surface area contributed by atoms with Gasteiger partial charge in [-0.25, -0.2) is 0 Å². The van der Waals surface area contributed by atoms with Gasteiger partial charge in [0.05, 0.1) is 0 Å². The predicted octanol–water partition coefficient (Wildman–Crippen LogP) is 12.4. The first kappa shape index (κ1) is 45.4. The van der Waals surface area contributed by atoms with E-state index in [2.05, 4.69) is 27.7 Å². The molecule has 2 atom stereocenters. The summed E-state index contributed by atoms with van der Waals surface area (Å²) in [7, 11) is 0. The van der Waals surface area contributed by atoms with Gasteiger partial charge < -0.3 is 14.2 Å². The van der Waals surface area contributed by atoms with Crippen molar-refractivity contribution in [2.45, 2.75) is 226 Å². The summed E-state index contributed by atoms with van der Waals surface area (Å²) in [6.45, 7) is 8.89. The van der Waals surface area contributed by atoms with Crippen LogP contribution in [0.3, 0.4) is 0 Å². The summed E-state index contributed by atoms with van der Waals surface area (Å²) in [5.74, 6) is -0.0315. The van der Waals surface area contributed by atoms with Crippen molar-refractivity contribution in [3.8, 4) is 0 Å². The quantitative estimate of drug-likeness (QED) is 0.0376. The average Bonchev–Trinajstić information content (AvgIpc) is 3.06. The molecule has 0 bridgehead atoms. The van der Waals surface area contributed by atoms with Crippen LogP contribution in [0.5, 0.6) is 0 Å². The standard InChI is InChI=1S/C41H78O6/c1-5-8-10-12-13-14-15-16-17-21-25-29-33-40(43)46-36-38(35-45-39(42)32-28-23-11-9-6-2)47-41(44)34-30-26-22-19-18-20-24-27-31-37(4)7-3/h37-38H,5-36H2,1-4H3/t37?,38-/m1/s1. The Morgan fingerprint density at radius 3 is 1.11 bits per heavy atom. The number of unbranched alkanes of at least 4 members (excludes halogenated alkanes) is 22. The summed E-state index contributed by atoms with van der Waals surface area (Å²) in [6.07, 6.45) is 32.5. The largest absolute Gasteiger partial charge is 0.462 e. The molecule has 0 N–H and O–H groups in total. The lowest BCUT2D eigenvalue weighted by Crippen LogP contribution is -2.30. The molecule has 0 amide bonds. The van der Waals surface area contributed by atoms with Crippen LogP contribution < -0.4 is 0 Å². The zero-order valence-electron chi connectivity index (χ0n) is 31.7. The van der Waals surface area contributed by atoms with E-state index < -0.39 is 6.10 Å². The van der Waals surface area contributed by atoms with Gasteiger partial charge in [-0.2, -0.15) is 0 Å². The van der Waals surface area contributed by atoms with E-state index in [0.29, 0.717) is 19.3 Å². The SMILES string of the molecule is CCCCCCCCCCCCCCC(=O)OC[C@@H](COC(=O)CCCCCCC)OC(=O)CCCCCCCCCCC(C)CC. The summed E-state index contributed by atoms with van der Waals surface area (Å²) in [5, 5.41) is 0. The number of hydrogen-bond donors (Lipinski definition) is 0. The van der Waals surface area contributed by atoms with E-state index in [0.717, 1.165) is 70.1 Å². The Balaban J connectivity index is 4.26. The minimum Gasteiger partial charge on any atom is -0.462 e. The van der Waals surface area contributed by atoms with Gasteiger partial charge in [0, 0.05) is 19.3 Å². The number of ether oxygens (including phenoxy) is 3. The molecular weight excluding hydrogens is 588 g/mol. The summed E-state index contributed by atoms with van der Waals surface area (Å²) in [5.41, 5.74) is 0. The zero-order valence-corrected chi connectivity index (χ0v) is 31.7. The van der Waals surface area contributed by atoms with Crippen LogP contribution in [0.25, 0.3) is 0 Å². The maximum absolute atomic E-state index is 12.6. The lowest BCUT2D eigenvalue weighted by atomic mass is 9.99. The van der Waals surface area contributed by atoms with Crippen molar-refractivity contribution in [2.75, 3.05) is 13.2 Å². The van der Waals surface area contributed by atoms with Crippen molar-refractivity contribution >= 4 is 17.9 Å². The van der Waals surface area contributed by atoms with E-state index in [1.165, 1.54) is 109 Å². The second-order valence-electron chi connectivity index (χ2n) is 14.2. The fourth-order valence-corrected chi connectivity index (χ4v) is 5.89. The number of carbonyl (C=O) groups excluding carboxylic acids is 3. The molecule has 0 aromatic carbocycles. The first-order chi connectivity index (χ1) is 22.9. The third kappa shape index (κ3) is 34.1. The van der Waals surface area contributed by atoms with Crippen molar-refractivity contribution in [1.29, 1.82) is 0 Å². The molecule has 0 aromatic rings. The van der Waals surface area contributed by atoms with E-state index in [4.69, 9.17) is 14.2 Å². The topological polar surface area (TPSA) is 78.9 Å². The molecule has 0 fully saturated rings. The van der Waals surface area contributed by atoms with Crippen LogP contribution in [0.4, 0.5) is 0 Å². The monoisotopic (exact) mass is 667 g/mol. The van der Waals surface area contributed by atoms with Crippen LogP contribution >= 0.6 is 0 Å². The Morgan fingerprint density at radius 1 is 0.426 bits per heavy atom. The Morgan fingerprint density at radius 2 is 0.745 bits per heavy atom. The highest BCUT2D eigenvalue weighted by Gasteiger charge is 2.19. The third-order valence-corrected chi connectivity index (χ3v) is 9.40. The second-order valence-corrected chi connectivity index (χ2v) is 14.2. The third-order valence-electron chi connectivity index (χ3n) is 9.40. The first-order valence-corrected chi connectivity index (χ1v) is 20.4.